The fourth-order valence-electron chi connectivity index (χ4n) is 3.71. The maximum absolute atomic E-state index is 13.2. The van der Waals surface area contributed by atoms with Crippen molar-refractivity contribution in [2.45, 2.75) is 24.3 Å². The van der Waals surface area contributed by atoms with Crippen molar-refractivity contribution in [1.29, 1.82) is 0 Å². The Morgan fingerprint density at radius 1 is 1.12 bits per heavy atom. The molecule has 0 radical (unpaired) electrons. The van der Waals surface area contributed by atoms with Crippen LogP contribution in [0.2, 0.25) is 0 Å². The molecular weight excluding hydrogens is 440 g/mol. The van der Waals surface area contributed by atoms with E-state index in [1.165, 1.54) is 4.90 Å². The van der Waals surface area contributed by atoms with Crippen molar-refractivity contribution in [1.82, 2.24) is 5.32 Å². The van der Waals surface area contributed by atoms with Crippen molar-refractivity contribution in [2.24, 2.45) is 16.9 Å². The van der Waals surface area contributed by atoms with Gasteiger partial charge in [0.25, 0.3) is 0 Å². The zero-order chi connectivity index (χ0) is 23.7. The SMILES string of the molecule is NCCNC(=O)[C@](CCOCc1ccccc1)(CN1C(=O)CCSc2ccccc21)C(N)=O. The summed E-state index contributed by atoms with van der Waals surface area (Å²) in [5, 5.41) is 2.69. The lowest BCUT2D eigenvalue weighted by Gasteiger charge is -2.35. The minimum atomic E-state index is -1.66. The first-order valence-corrected chi connectivity index (χ1v) is 11.9. The molecule has 0 bridgehead atoms. The highest BCUT2D eigenvalue weighted by Crippen LogP contribution is 2.37. The second kappa shape index (κ2) is 11.8. The van der Waals surface area contributed by atoms with Crippen LogP contribution in [0, 0.1) is 5.41 Å². The average molecular weight is 471 g/mol. The van der Waals surface area contributed by atoms with Crippen LogP contribution in [0.3, 0.4) is 0 Å². The van der Waals surface area contributed by atoms with E-state index in [0.29, 0.717) is 24.5 Å². The molecule has 1 heterocycles. The molecule has 0 aliphatic carbocycles. The van der Waals surface area contributed by atoms with E-state index in [9.17, 15) is 14.4 Å². The van der Waals surface area contributed by atoms with Gasteiger partial charge < -0.3 is 26.4 Å². The summed E-state index contributed by atoms with van der Waals surface area (Å²) in [5.74, 6) is -0.890. The number of benzene rings is 2. The largest absolute Gasteiger partial charge is 0.377 e. The van der Waals surface area contributed by atoms with Gasteiger partial charge in [-0.15, -0.1) is 11.8 Å². The number of fused-ring (bicyclic) bond motifs is 1. The fourth-order valence-corrected chi connectivity index (χ4v) is 4.70. The molecule has 1 atom stereocenters. The van der Waals surface area contributed by atoms with Gasteiger partial charge >= 0.3 is 0 Å². The second-order valence-electron chi connectivity index (χ2n) is 7.83. The first-order valence-electron chi connectivity index (χ1n) is 10.9. The first-order chi connectivity index (χ1) is 16.0. The van der Waals surface area contributed by atoms with Gasteiger partial charge in [0, 0.05) is 43.3 Å². The lowest BCUT2D eigenvalue weighted by Crippen LogP contribution is -2.57. The van der Waals surface area contributed by atoms with Gasteiger partial charge in [0.05, 0.1) is 12.3 Å². The Balaban J connectivity index is 1.86. The Morgan fingerprint density at radius 3 is 2.58 bits per heavy atom. The number of carbonyl (C=O) groups is 3. The molecular formula is C24H30N4O4S. The molecule has 3 rings (SSSR count). The van der Waals surface area contributed by atoms with Crippen molar-refractivity contribution >= 4 is 35.2 Å². The molecule has 2 aromatic rings. The van der Waals surface area contributed by atoms with Gasteiger partial charge in [-0.3, -0.25) is 14.4 Å². The standard InChI is InChI=1S/C24H30N4O4S/c25-12-13-27-23(31)24(22(26)30,11-14-32-16-18-6-2-1-3-7-18)17-28-19-8-4-5-9-20(19)33-15-10-21(28)29/h1-9H,10-17,25H2,(H2,26,30)(H,27,31)/t24-/m1/s1. The number of anilines is 1. The highest BCUT2D eigenvalue weighted by molar-refractivity contribution is 7.99. The molecule has 0 saturated heterocycles. The van der Waals surface area contributed by atoms with Crippen LogP contribution in [0.15, 0.2) is 59.5 Å². The molecule has 0 aromatic heterocycles. The number of nitrogens with one attached hydrogen (secondary N) is 1. The Kier molecular flexibility index (Phi) is 8.87. The quantitative estimate of drug-likeness (QED) is 0.339. The molecule has 9 heteroatoms. The maximum atomic E-state index is 13.2. The molecule has 0 unspecified atom stereocenters. The molecule has 33 heavy (non-hydrogen) atoms. The number of thioether (sulfide) groups is 1. The van der Waals surface area contributed by atoms with Crippen LogP contribution >= 0.6 is 11.8 Å². The van der Waals surface area contributed by atoms with Crippen molar-refractivity contribution in [2.75, 3.05) is 36.9 Å². The van der Waals surface area contributed by atoms with Crippen LogP contribution in [-0.4, -0.2) is 49.7 Å². The minimum absolute atomic E-state index is 0.0324. The van der Waals surface area contributed by atoms with Crippen molar-refractivity contribution in [3.05, 3.63) is 60.2 Å². The molecule has 2 aromatic carbocycles. The maximum Gasteiger partial charge on any atom is 0.237 e. The Labute approximate surface area is 198 Å². The van der Waals surface area contributed by atoms with E-state index in [-0.39, 0.29) is 38.6 Å². The van der Waals surface area contributed by atoms with Gasteiger partial charge in [0.15, 0.2) is 0 Å². The second-order valence-corrected chi connectivity index (χ2v) is 8.96. The molecule has 8 nitrogen and oxygen atoms in total. The lowest BCUT2D eigenvalue weighted by atomic mass is 9.81. The van der Waals surface area contributed by atoms with Crippen LogP contribution in [0.1, 0.15) is 18.4 Å². The number of nitrogens with two attached hydrogens (primary N) is 2. The van der Waals surface area contributed by atoms with E-state index in [2.05, 4.69) is 5.32 Å². The van der Waals surface area contributed by atoms with Gasteiger partial charge in [-0.1, -0.05) is 42.5 Å². The summed E-state index contributed by atoms with van der Waals surface area (Å²) in [7, 11) is 0. The van der Waals surface area contributed by atoms with E-state index >= 15 is 0 Å². The van der Waals surface area contributed by atoms with Crippen LogP contribution in [0.5, 0.6) is 0 Å². The van der Waals surface area contributed by atoms with Crippen LogP contribution in [0.25, 0.3) is 0 Å². The zero-order valence-electron chi connectivity index (χ0n) is 18.5. The average Bonchev–Trinajstić information content (AvgIpc) is 2.98. The van der Waals surface area contributed by atoms with E-state index < -0.39 is 17.2 Å². The third-order valence-electron chi connectivity index (χ3n) is 5.58. The zero-order valence-corrected chi connectivity index (χ0v) is 19.3. The summed E-state index contributed by atoms with van der Waals surface area (Å²) in [6, 6.07) is 17.1. The van der Waals surface area contributed by atoms with Crippen LogP contribution in [-0.2, 0) is 25.7 Å². The topological polar surface area (TPSA) is 128 Å². The number of rotatable bonds is 11. The van der Waals surface area contributed by atoms with Gasteiger partial charge in [-0.05, 0) is 24.1 Å². The summed E-state index contributed by atoms with van der Waals surface area (Å²) in [5.41, 5.74) is 11.4. The van der Waals surface area contributed by atoms with Crippen LogP contribution in [0.4, 0.5) is 5.69 Å². The number of para-hydroxylation sites is 1. The predicted octanol–water partition coefficient (Wildman–Crippen LogP) is 1.67. The van der Waals surface area contributed by atoms with Crippen LogP contribution < -0.4 is 21.7 Å². The Morgan fingerprint density at radius 2 is 1.85 bits per heavy atom. The van der Waals surface area contributed by atoms with Crippen molar-refractivity contribution in [3.8, 4) is 0 Å². The van der Waals surface area contributed by atoms with E-state index in [1.54, 1.807) is 11.8 Å². The van der Waals surface area contributed by atoms with Crippen molar-refractivity contribution in [3.63, 3.8) is 0 Å². The minimum Gasteiger partial charge on any atom is -0.377 e. The number of nitrogens with zero attached hydrogens (tertiary/aromatic N) is 1. The molecule has 1 aliphatic rings. The smallest absolute Gasteiger partial charge is 0.237 e. The summed E-state index contributed by atoms with van der Waals surface area (Å²) in [6.45, 7) is 0.699. The van der Waals surface area contributed by atoms with Crippen molar-refractivity contribution < 1.29 is 19.1 Å². The predicted molar refractivity (Wildman–Crippen MR) is 129 cm³/mol. The Hall–Kier alpha value is -2.88. The van der Waals surface area contributed by atoms with E-state index in [4.69, 9.17) is 16.2 Å². The fraction of sp³-hybridized carbons (Fsp3) is 0.375. The number of amides is 3. The summed E-state index contributed by atoms with van der Waals surface area (Å²) in [6.07, 6.45) is 0.327. The molecule has 5 N–H and O–H groups in total. The molecule has 0 fully saturated rings. The first kappa shape index (κ1) is 24.8. The number of carbonyl (C=O) groups excluding carboxylic acids is 3. The molecule has 0 spiro atoms. The number of hydrogen-bond donors (Lipinski definition) is 3. The lowest BCUT2D eigenvalue weighted by molar-refractivity contribution is -0.142. The number of hydrogen-bond acceptors (Lipinski definition) is 6. The molecule has 1 aliphatic heterocycles. The number of primary amides is 1. The highest BCUT2D eigenvalue weighted by atomic mass is 32.2. The summed E-state index contributed by atoms with van der Waals surface area (Å²) >= 11 is 1.57. The third-order valence-corrected chi connectivity index (χ3v) is 6.64. The van der Waals surface area contributed by atoms with Gasteiger partial charge in [-0.25, -0.2) is 0 Å². The molecule has 176 valence electrons. The molecule has 3 amide bonds. The summed E-state index contributed by atoms with van der Waals surface area (Å²) in [4.78, 5) is 41.5. The van der Waals surface area contributed by atoms with Gasteiger partial charge in [0.1, 0.15) is 5.41 Å². The normalized spacial score (nSPS) is 15.3. The third kappa shape index (κ3) is 6.13. The van der Waals surface area contributed by atoms with Gasteiger partial charge in [-0.2, -0.15) is 0 Å². The highest BCUT2D eigenvalue weighted by Gasteiger charge is 2.47. The van der Waals surface area contributed by atoms with E-state index in [1.807, 2.05) is 54.6 Å². The Bertz CT molecular complexity index is 972. The summed E-state index contributed by atoms with van der Waals surface area (Å²) < 4.78 is 5.77. The number of ether oxygens (including phenoxy) is 1. The van der Waals surface area contributed by atoms with Gasteiger partial charge in [0.2, 0.25) is 17.7 Å². The van der Waals surface area contributed by atoms with E-state index in [0.717, 1.165) is 10.5 Å². The molecule has 0 saturated carbocycles. The monoisotopic (exact) mass is 470 g/mol.